The first-order chi connectivity index (χ1) is 11.4. The molecule has 0 saturated heterocycles. The van der Waals surface area contributed by atoms with Gasteiger partial charge in [0.05, 0.1) is 12.2 Å². The first-order valence-corrected chi connectivity index (χ1v) is 6.74. The number of halogens is 3. The molecule has 0 unspecified atom stereocenters. The van der Waals surface area contributed by atoms with Crippen LogP contribution < -0.4 is 16.2 Å². The van der Waals surface area contributed by atoms with Gasteiger partial charge in [0, 0.05) is 12.3 Å². The third-order valence-electron chi connectivity index (χ3n) is 2.97. The van der Waals surface area contributed by atoms with Crippen LogP contribution in [-0.4, -0.2) is 22.9 Å². The molecule has 0 radical (unpaired) electrons. The summed E-state index contributed by atoms with van der Waals surface area (Å²) in [6.45, 7) is -0.828. The number of rotatable bonds is 5. The van der Waals surface area contributed by atoms with Crippen molar-refractivity contribution >= 4 is 17.5 Å². The number of carbonyl (C=O) groups excluding carboxylic acids is 2. The fourth-order valence-electron chi connectivity index (χ4n) is 1.80. The van der Waals surface area contributed by atoms with Crippen LogP contribution in [-0.2, 0) is 16.1 Å². The van der Waals surface area contributed by atoms with Crippen molar-refractivity contribution in [2.45, 2.75) is 6.54 Å². The summed E-state index contributed by atoms with van der Waals surface area (Å²) < 4.78 is 40.3. The molecule has 126 valence electrons. The van der Waals surface area contributed by atoms with Crippen LogP contribution in [0.2, 0.25) is 0 Å². The number of hydrogen-bond acceptors (Lipinski definition) is 3. The molecule has 1 heterocycles. The average molecular weight is 339 g/mol. The fraction of sp³-hybridized carbons (Fsp3) is 0.133. The number of benzene rings is 1. The van der Waals surface area contributed by atoms with Gasteiger partial charge in [-0.05, 0) is 18.2 Å². The summed E-state index contributed by atoms with van der Waals surface area (Å²) in [4.78, 5) is 34.7. The third kappa shape index (κ3) is 4.22. The summed E-state index contributed by atoms with van der Waals surface area (Å²) in [5, 5.41) is 4.23. The molecule has 24 heavy (non-hydrogen) atoms. The smallest absolute Gasteiger partial charge is 0.250 e. The van der Waals surface area contributed by atoms with Crippen molar-refractivity contribution in [2.24, 2.45) is 0 Å². The van der Waals surface area contributed by atoms with Gasteiger partial charge < -0.3 is 15.2 Å². The minimum Gasteiger partial charge on any atom is -0.345 e. The quantitative estimate of drug-likeness (QED) is 0.798. The van der Waals surface area contributed by atoms with E-state index in [1.165, 1.54) is 18.3 Å². The maximum Gasteiger partial charge on any atom is 0.250 e. The van der Waals surface area contributed by atoms with Crippen LogP contribution in [0.4, 0.5) is 18.9 Å². The number of amides is 2. The molecule has 0 atom stereocenters. The Morgan fingerprint density at radius 1 is 1.00 bits per heavy atom. The largest absolute Gasteiger partial charge is 0.345 e. The Balaban J connectivity index is 1.89. The molecule has 0 aliphatic rings. The lowest BCUT2D eigenvalue weighted by atomic mass is 10.2. The topological polar surface area (TPSA) is 80.2 Å². The lowest BCUT2D eigenvalue weighted by molar-refractivity contribution is -0.124. The molecular formula is C15H12F3N3O3. The molecular weight excluding hydrogens is 327 g/mol. The van der Waals surface area contributed by atoms with Crippen molar-refractivity contribution in [3.05, 3.63) is 64.3 Å². The molecule has 0 saturated carbocycles. The molecule has 0 spiro atoms. The van der Waals surface area contributed by atoms with Crippen molar-refractivity contribution in [3.8, 4) is 0 Å². The summed E-state index contributed by atoms with van der Waals surface area (Å²) in [7, 11) is 0. The van der Waals surface area contributed by atoms with Crippen LogP contribution in [0, 0.1) is 17.5 Å². The van der Waals surface area contributed by atoms with E-state index in [0.717, 1.165) is 10.6 Å². The Bertz CT molecular complexity index is 836. The summed E-state index contributed by atoms with van der Waals surface area (Å²) in [6.07, 6.45) is 1.40. The first-order valence-electron chi connectivity index (χ1n) is 6.74. The summed E-state index contributed by atoms with van der Waals surface area (Å²) in [5.74, 6) is -6.09. The van der Waals surface area contributed by atoms with Crippen LogP contribution in [0.25, 0.3) is 0 Å². The van der Waals surface area contributed by atoms with Crippen molar-refractivity contribution in [2.75, 3.05) is 11.9 Å². The van der Waals surface area contributed by atoms with Gasteiger partial charge in [-0.25, -0.2) is 13.2 Å². The molecule has 0 aliphatic heterocycles. The average Bonchev–Trinajstić information content (AvgIpc) is 2.56. The minimum atomic E-state index is -1.71. The van der Waals surface area contributed by atoms with Gasteiger partial charge in [-0.15, -0.1) is 0 Å². The number of hydrogen-bond donors (Lipinski definition) is 2. The highest BCUT2D eigenvalue weighted by Crippen LogP contribution is 2.19. The number of carbonyl (C=O) groups is 2. The number of nitrogens with one attached hydrogen (secondary N) is 2. The van der Waals surface area contributed by atoms with E-state index in [2.05, 4.69) is 5.32 Å². The van der Waals surface area contributed by atoms with E-state index in [4.69, 9.17) is 0 Å². The molecule has 9 heteroatoms. The van der Waals surface area contributed by atoms with E-state index in [1.54, 1.807) is 6.07 Å². The number of anilines is 1. The SMILES string of the molecule is O=C(Cn1ccccc1=O)NCC(=O)Nc1ccc(F)c(F)c1F. The second-order valence-electron chi connectivity index (χ2n) is 4.71. The van der Waals surface area contributed by atoms with Gasteiger partial charge in [0.25, 0.3) is 5.56 Å². The van der Waals surface area contributed by atoms with Gasteiger partial charge >= 0.3 is 0 Å². The van der Waals surface area contributed by atoms with Gasteiger partial charge in [0.1, 0.15) is 6.54 Å². The molecule has 2 rings (SSSR count). The van der Waals surface area contributed by atoms with E-state index in [-0.39, 0.29) is 12.1 Å². The Hall–Kier alpha value is -3.10. The predicted molar refractivity (Wildman–Crippen MR) is 78.7 cm³/mol. The zero-order valence-corrected chi connectivity index (χ0v) is 12.2. The van der Waals surface area contributed by atoms with Crippen molar-refractivity contribution < 1.29 is 22.8 Å². The lowest BCUT2D eigenvalue weighted by Gasteiger charge is -2.09. The normalized spacial score (nSPS) is 10.3. The summed E-state index contributed by atoms with van der Waals surface area (Å²) in [6, 6.07) is 5.87. The first kappa shape index (κ1) is 17.3. The Labute approximate surface area is 133 Å². The zero-order valence-electron chi connectivity index (χ0n) is 12.2. The third-order valence-corrected chi connectivity index (χ3v) is 2.97. The standard InChI is InChI=1S/C15H12F3N3O3/c16-9-4-5-10(15(18)14(9)17)20-11(22)7-19-12(23)8-21-6-2-1-3-13(21)24/h1-6H,7-8H2,(H,19,23)(H,20,22). The molecule has 6 nitrogen and oxygen atoms in total. The molecule has 0 bridgehead atoms. The van der Waals surface area contributed by atoms with Gasteiger partial charge in [0.15, 0.2) is 17.5 Å². The van der Waals surface area contributed by atoms with Gasteiger partial charge in [-0.3, -0.25) is 14.4 Å². The molecule has 1 aromatic carbocycles. The van der Waals surface area contributed by atoms with Gasteiger partial charge in [-0.2, -0.15) is 0 Å². The monoisotopic (exact) mass is 339 g/mol. The maximum atomic E-state index is 13.4. The number of pyridine rings is 1. The second-order valence-corrected chi connectivity index (χ2v) is 4.71. The van der Waals surface area contributed by atoms with E-state index >= 15 is 0 Å². The molecule has 0 fully saturated rings. The second kappa shape index (κ2) is 7.44. The molecule has 0 aliphatic carbocycles. The van der Waals surface area contributed by atoms with Crippen molar-refractivity contribution in [1.29, 1.82) is 0 Å². The van der Waals surface area contributed by atoms with Crippen LogP contribution in [0.15, 0.2) is 41.3 Å². The maximum absolute atomic E-state index is 13.4. The number of aromatic nitrogens is 1. The molecule has 1 aromatic heterocycles. The zero-order chi connectivity index (χ0) is 17.7. The number of nitrogens with zero attached hydrogens (tertiary/aromatic N) is 1. The van der Waals surface area contributed by atoms with Crippen LogP contribution >= 0.6 is 0 Å². The summed E-state index contributed by atoms with van der Waals surface area (Å²) in [5.41, 5.74) is -0.937. The molecule has 2 amide bonds. The molecule has 2 aromatic rings. The van der Waals surface area contributed by atoms with Gasteiger partial charge in [-0.1, -0.05) is 6.07 Å². The van der Waals surface area contributed by atoms with E-state index in [9.17, 15) is 27.6 Å². The predicted octanol–water partition coefficient (Wildman–Crippen LogP) is 1.02. The van der Waals surface area contributed by atoms with E-state index in [0.29, 0.717) is 6.07 Å². The Kier molecular flexibility index (Phi) is 5.35. The van der Waals surface area contributed by atoms with Crippen LogP contribution in [0.1, 0.15) is 0 Å². The van der Waals surface area contributed by atoms with Gasteiger partial charge in [0.2, 0.25) is 11.8 Å². The van der Waals surface area contributed by atoms with Crippen LogP contribution in [0.5, 0.6) is 0 Å². The fourth-order valence-corrected chi connectivity index (χ4v) is 1.80. The highest BCUT2D eigenvalue weighted by atomic mass is 19.2. The molecule has 2 N–H and O–H groups in total. The van der Waals surface area contributed by atoms with E-state index < -0.39 is 41.5 Å². The highest BCUT2D eigenvalue weighted by molar-refractivity contribution is 5.94. The highest BCUT2D eigenvalue weighted by Gasteiger charge is 2.15. The Morgan fingerprint density at radius 3 is 2.46 bits per heavy atom. The minimum absolute atomic E-state index is 0.299. The Morgan fingerprint density at radius 2 is 1.75 bits per heavy atom. The lowest BCUT2D eigenvalue weighted by Crippen LogP contribution is -2.36. The van der Waals surface area contributed by atoms with E-state index in [1.807, 2.05) is 5.32 Å². The van der Waals surface area contributed by atoms with Crippen molar-refractivity contribution in [1.82, 2.24) is 9.88 Å². The summed E-state index contributed by atoms with van der Waals surface area (Å²) >= 11 is 0. The van der Waals surface area contributed by atoms with Crippen LogP contribution in [0.3, 0.4) is 0 Å². The van der Waals surface area contributed by atoms with Crippen molar-refractivity contribution in [3.63, 3.8) is 0 Å².